The van der Waals surface area contributed by atoms with Gasteiger partial charge in [0.25, 0.3) is 0 Å². The molecule has 0 fully saturated rings. The van der Waals surface area contributed by atoms with Gasteiger partial charge in [0.2, 0.25) is 0 Å². The quantitative estimate of drug-likeness (QED) is 0.640. The van der Waals surface area contributed by atoms with Gasteiger partial charge in [-0.25, -0.2) is 0 Å². The van der Waals surface area contributed by atoms with Crippen LogP contribution in [0.2, 0.25) is 0 Å². The zero-order valence-corrected chi connectivity index (χ0v) is 8.78. The van der Waals surface area contributed by atoms with E-state index in [0.717, 1.165) is 6.42 Å². The Hall–Kier alpha value is -1.06. The molecule has 0 aromatic rings. The first-order valence-corrected chi connectivity index (χ1v) is 5.00. The smallest absolute Gasteiger partial charge is 0.306 e. The van der Waals surface area contributed by atoms with Gasteiger partial charge in [-0.3, -0.25) is 9.59 Å². The van der Waals surface area contributed by atoms with Crippen LogP contribution in [-0.4, -0.2) is 23.7 Å². The van der Waals surface area contributed by atoms with Gasteiger partial charge in [0, 0.05) is 6.42 Å². The van der Waals surface area contributed by atoms with Crippen molar-refractivity contribution in [3.05, 3.63) is 0 Å². The SMILES string of the molecule is CCCOC(=O)CCC(CC)C(=O)O. The molecule has 0 amide bonds. The third kappa shape index (κ3) is 5.56. The van der Waals surface area contributed by atoms with E-state index in [0.29, 0.717) is 19.4 Å². The number of carbonyl (C=O) groups is 2. The Bertz CT molecular complexity index is 189. The first kappa shape index (κ1) is 12.9. The Labute approximate surface area is 84.3 Å². The standard InChI is InChI=1S/C10H18O4/c1-3-7-14-9(11)6-5-8(4-2)10(12)13/h8H,3-7H2,1-2H3,(H,12,13). The number of esters is 1. The fraction of sp³-hybridized carbons (Fsp3) is 0.800. The summed E-state index contributed by atoms with van der Waals surface area (Å²) in [6.45, 7) is 4.14. The molecule has 1 atom stereocenters. The average Bonchev–Trinajstić information content (AvgIpc) is 2.15. The molecule has 0 aromatic carbocycles. The van der Waals surface area contributed by atoms with E-state index < -0.39 is 11.9 Å². The minimum absolute atomic E-state index is 0.199. The van der Waals surface area contributed by atoms with Crippen molar-refractivity contribution < 1.29 is 19.4 Å². The van der Waals surface area contributed by atoms with Crippen LogP contribution in [0, 0.1) is 5.92 Å². The largest absolute Gasteiger partial charge is 0.481 e. The van der Waals surface area contributed by atoms with Crippen LogP contribution in [0.5, 0.6) is 0 Å². The lowest BCUT2D eigenvalue weighted by atomic mass is 10.0. The predicted octanol–water partition coefficient (Wildman–Crippen LogP) is 1.83. The normalized spacial score (nSPS) is 12.1. The Morgan fingerprint density at radius 2 is 2.00 bits per heavy atom. The lowest BCUT2D eigenvalue weighted by Gasteiger charge is -2.08. The molecule has 0 aliphatic heterocycles. The molecule has 4 heteroatoms. The highest BCUT2D eigenvalue weighted by Crippen LogP contribution is 2.11. The summed E-state index contributed by atoms with van der Waals surface area (Å²) < 4.78 is 4.83. The number of carboxylic acids is 1. The number of hydrogen-bond donors (Lipinski definition) is 1. The zero-order valence-electron chi connectivity index (χ0n) is 8.78. The average molecular weight is 202 g/mol. The highest BCUT2D eigenvalue weighted by molar-refractivity contribution is 5.73. The van der Waals surface area contributed by atoms with Crippen LogP contribution in [0.25, 0.3) is 0 Å². The minimum atomic E-state index is -0.837. The summed E-state index contributed by atoms with van der Waals surface area (Å²) in [7, 11) is 0. The number of carboxylic acid groups (broad SMARTS) is 1. The van der Waals surface area contributed by atoms with Crippen LogP contribution in [0.1, 0.15) is 39.5 Å². The second kappa shape index (κ2) is 7.35. The summed E-state index contributed by atoms with van der Waals surface area (Å²) in [6.07, 6.45) is 1.91. The van der Waals surface area contributed by atoms with E-state index in [-0.39, 0.29) is 12.4 Å². The molecular formula is C10H18O4. The van der Waals surface area contributed by atoms with Crippen LogP contribution in [0.3, 0.4) is 0 Å². The molecule has 0 radical (unpaired) electrons. The van der Waals surface area contributed by atoms with Crippen LogP contribution in [0.15, 0.2) is 0 Å². The van der Waals surface area contributed by atoms with E-state index in [2.05, 4.69) is 0 Å². The van der Waals surface area contributed by atoms with Gasteiger partial charge in [-0.1, -0.05) is 13.8 Å². The van der Waals surface area contributed by atoms with Crippen molar-refractivity contribution in [1.29, 1.82) is 0 Å². The molecule has 0 heterocycles. The molecule has 82 valence electrons. The third-order valence-corrected chi connectivity index (χ3v) is 2.01. The van der Waals surface area contributed by atoms with E-state index in [1.54, 1.807) is 6.92 Å². The molecule has 0 saturated carbocycles. The topological polar surface area (TPSA) is 63.6 Å². The third-order valence-electron chi connectivity index (χ3n) is 2.01. The molecule has 1 unspecified atom stereocenters. The van der Waals surface area contributed by atoms with Crippen LogP contribution >= 0.6 is 0 Å². The number of hydrogen-bond acceptors (Lipinski definition) is 3. The molecule has 0 aromatic heterocycles. The summed E-state index contributed by atoms with van der Waals surface area (Å²) in [4.78, 5) is 21.6. The highest BCUT2D eigenvalue weighted by atomic mass is 16.5. The fourth-order valence-electron chi connectivity index (χ4n) is 1.08. The van der Waals surface area contributed by atoms with E-state index in [9.17, 15) is 9.59 Å². The van der Waals surface area contributed by atoms with Crippen molar-refractivity contribution in [2.24, 2.45) is 5.92 Å². The number of aliphatic carboxylic acids is 1. The van der Waals surface area contributed by atoms with Crippen molar-refractivity contribution in [2.75, 3.05) is 6.61 Å². The predicted molar refractivity (Wildman–Crippen MR) is 51.9 cm³/mol. The Morgan fingerprint density at radius 1 is 1.36 bits per heavy atom. The lowest BCUT2D eigenvalue weighted by molar-refractivity contribution is -0.145. The molecule has 0 spiro atoms. The van der Waals surface area contributed by atoms with Crippen LogP contribution in [0.4, 0.5) is 0 Å². The molecule has 0 saturated heterocycles. The summed E-state index contributed by atoms with van der Waals surface area (Å²) in [5, 5.41) is 8.71. The number of ether oxygens (including phenoxy) is 1. The monoisotopic (exact) mass is 202 g/mol. The first-order chi connectivity index (χ1) is 6.61. The fourth-order valence-corrected chi connectivity index (χ4v) is 1.08. The minimum Gasteiger partial charge on any atom is -0.481 e. The van der Waals surface area contributed by atoms with Crippen molar-refractivity contribution in [1.82, 2.24) is 0 Å². The number of carbonyl (C=O) groups excluding carboxylic acids is 1. The molecule has 0 bridgehead atoms. The first-order valence-electron chi connectivity index (χ1n) is 5.00. The summed E-state index contributed by atoms with van der Waals surface area (Å²) in [6, 6.07) is 0. The zero-order chi connectivity index (χ0) is 11.0. The van der Waals surface area contributed by atoms with E-state index in [1.807, 2.05) is 6.92 Å². The van der Waals surface area contributed by atoms with E-state index in [4.69, 9.17) is 9.84 Å². The second-order valence-electron chi connectivity index (χ2n) is 3.20. The molecule has 14 heavy (non-hydrogen) atoms. The summed E-state index contributed by atoms with van der Waals surface area (Å²) in [5.74, 6) is -1.56. The van der Waals surface area contributed by atoms with Gasteiger partial charge in [-0.05, 0) is 19.3 Å². The van der Waals surface area contributed by atoms with Gasteiger partial charge in [-0.2, -0.15) is 0 Å². The van der Waals surface area contributed by atoms with Crippen LogP contribution < -0.4 is 0 Å². The Morgan fingerprint density at radius 3 is 2.43 bits per heavy atom. The van der Waals surface area contributed by atoms with E-state index >= 15 is 0 Å². The van der Waals surface area contributed by atoms with Gasteiger partial charge >= 0.3 is 11.9 Å². The van der Waals surface area contributed by atoms with Gasteiger partial charge in [-0.15, -0.1) is 0 Å². The Kier molecular flexibility index (Phi) is 6.80. The molecule has 0 aliphatic carbocycles. The van der Waals surface area contributed by atoms with Crippen molar-refractivity contribution in [2.45, 2.75) is 39.5 Å². The maximum atomic E-state index is 11.0. The second-order valence-corrected chi connectivity index (χ2v) is 3.20. The number of rotatable bonds is 7. The highest BCUT2D eigenvalue weighted by Gasteiger charge is 2.16. The summed E-state index contributed by atoms with van der Waals surface area (Å²) in [5.41, 5.74) is 0. The van der Waals surface area contributed by atoms with Gasteiger partial charge in [0.05, 0.1) is 12.5 Å². The van der Waals surface area contributed by atoms with Crippen molar-refractivity contribution in [3.63, 3.8) is 0 Å². The molecule has 0 rings (SSSR count). The summed E-state index contributed by atoms with van der Waals surface area (Å²) >= 11 is 0. The maximum absolute atomic E-state index is 11.0. The van der Waals surface area contributed by atoms with Crippen LogP contribution in [-0.2, 0) is 14.3 Å². The maximum Gasteiger partial charge on any atom is 0.306 e. The molecule has 1 N–H and O–H groups in total. The lowest BCUT2D eigenvalue weighted by Crippen LogP contribution is -2.15. The van der Waals surface area contributed by atoms with Gasteiger partial charge < -0.3 is 9.84 Å². The Balaban J connectivity index is 3.68. The van der Waals surface area contributed by atoms with Crippen molar-refractivity contribution in [3.8, 4) is 0 Å². The van der Waals surface area contributed by atoms with Crippen molar-refractivity contribution >= 4 is 11.9 Å². The van der Waals surface area contributed by atoms with Gasteiger partial charge in [0.1, 0.15) is 0 Å². The van der Waals surface area contributed by atoms with E-state index in [1.165, 1.54) is 0 Å². The van der Waals surface area contributed by atoms with Gasteiger partial charge in [0.15, 0.2) is 0 Å². The molecular weight excluding hydrogens is 184 g/mol. The molecule has 4 nitrogen and oxygen atoms in total. The molecule has 0 aliphatic rings.